The van der Waals surface area contributed by atoms with Crippen molar-refractivity contribution in [3.63, 3.8) is 0 Å². The number of aromatic nitrogens is 2. The Hall–Kier alpha value is -4.34. The highest BCUT2D eigenvalue weighted by molar-refractivity contribution is 5.91. The molecule has 2 aromatic heterocycles. The number of rotatable bonds is 8. The number of carbonyl (C=O) groups is 2. The summed E-state index contributed by atoms with van der Waals surface area (Å²) in [4.78, 5) is 41.7. The maximum Gasteiger partial charge on any atom is 0.319 e. The van der Waals surface area contributed by atoms with Gasteiger partial charge in [0.1, 0.15) is 5.75 Å². The van der Waals surface area contributed by atoms with Crippen LogP contribution in [-0.2, 0) is 16.6 Å². The number of amides is 2. The Morgan fingerprint density at radius 3 is 2.68 bits per heavy atom. The smallest absolute Gasteiger partial charge is 0.319 e. The number of ether oxygens (including phenoxy) is 2. The molecule has 0 unspecified atom stereocenters. The van der Waals surface area contributed by atoms with Crippen LogP contribution >= 0.6 is 0 Å². The molecule has 0 fully saturated rings. The number of methoxy groups -OCH3 is 1. The molecule has 0 saturated heterocycles. The minimum atomic E-state index is -0.778. The van der Waals surface area contributed by atoms with Gasteiger partial charge < -0.3 is 29.8 Å². The van der Waals surface area contributed by atoms with E-state index in [4.69, 9.17) is 9.47 Å². The van der Waals surface area contributed by atoms with Crippen molar-refractivity contribution in [1.82, 2.24) is 14.9 Å². The number of nitrogens with one attached hydrogen (secondary N) is 2. The maximum atomic E-state index is 12.7. The van der Waals surface area contributed by atoms with Crippen LogP contribution in [0.2, 0.25) is 0 Å². The number of urea groups is 1. The third-order valence-electron chi connectivity index (χ3n) is 4.98. The topological polar surface area (TPSA) is 132 Å². The fraction of sp³-hybridized carbons (Fsp3) is 0.250. The van der Waals surface area contributed by atoms with Crippen LogP contribution in [0.5, 0.6) is 11.6 Å². The fourth-order valence-electron chi connectivity index (χ4n) is 3.29. The number of pyridine rings is 2. The lowest BCUT2D eigenvalue weighted by molar-refractivity contribution is -0.143. The van der Waals surface area contributed by atoms with Gasteiger partial charge in [0, 0.05) is 24.9 Å². The quantitative estimate of drug-likeness (QED) is 0.435. The van der Waals surface area contributed by atoms with Crippen LogP contribution in [0.15, 0.2) is 59.5 Å². The van der Waals surface area contributed by atoms with E-state index >= 15 is 0 Å². The molecule has 10 heteroatoms. The Morgan fingerprint density at radius 2 is 1.94 bits per heavy atom. The van der Waals surface area contributed by atoms with Crippen LogP contribution in [0.3, 0.4) is 0 Å². The number of esters is 1. The number of hydrogen-bond donors (Lipinski definition) is 3. The SMILES string of the molecule is CCOC(=O)C[C@H](NC(=O)Nc1c(O)ccn(C)c1=O)c1cccc(-c2cccc(OC)n2)c1. The largest absolute Gasteiger partial charge is 0.505 e. The Morgan fingerprint density at radius 1 is 1.18 bits per heavy atom. The average molecular weight is 466 g/mol. The molecule has 34 heavy (non-hydrogen) atoms. The highest BCUT2D eigenvalue weighted by Crippen LogP contribution is 2.26. The van der Waals surface area contributed by atoms with Crippen molar-refractivity contribution in [3.05, 3.63) is 70.6 Å². The van der Waals surface area contributed by atoms with E-state index in [1.54, 1.807) is 31.2 Å². The standard InChI is InChI=1S/C24H26N4O6/c1-4-34-21(30)14-18(26-24(32)27-22-19(29)11-12-28(2)23(22)31)16-8-5-7-15(13-16)17-9-6-10-20(25-17)33-3/h5-13,18,29H,4,14H2,1-3H3,(H2,26,27,32)/t18-/m0/s1. The molecule has 2 amide bonds. The van der Waals surface area contributed by atoms with Crippen molar-refractivity contribution < 1.29 is 24.2 Å². The predicted octanol–water partition coefficient (Wildman–Crippen LogP) is 2.98. The van der Waals surface area contributed by atoms with E-state index in [1.807, 2.05) is 18.2 Å². The first-order valence-corrected chi connectivity index (χ1v) is 10.6. The lowest BCUT2D eigenvalue weighted by Gasteiger charge is -2.20. The van der Waals surface area contributed by atoms with E-state index in [2.05, 4.69) is 15.6 Å². The number of carbonyl (C=O) groups excluding carboxylic acids is 2. The number of aromatic hydroxyl groups is 1. The first kappa shape index (κ1) is 24.3. The van der Waals surface area contributed by atoms with E-state index in [0.717, 1.165) is 5.56 Å². The first-order valence-electron chi connectivity index (χ1n) is 10.6. The Balaban J connectivity index is 1.89. The second-order valence-electron chi connectivity index (χ2n) is 7.34. The van der Waals surface area contributed by atoms with Gasteiger partial charge in [-0.2, -0.15) is 0 Å². The molecule has 0 aliphatic rings. The summed E-state index contributed by atoms with van der Waals surface area (Å²) in [5, 5.41) is 15.1. The zero-order valence-corrected chi connectivity index (χ0v) is 19.1. The molecule has 0 radical (unpaired) electrons. The van der Waals surface area contributed by atoms with Gasteiger partial charge in [0.25, 0.3) is 5.56 Å². The molecule has 178 valence electrons. The lowest BCUT2D eigenvalue weighted by Crippen LogP contribution is -2.36. The minimum Gasteiger partial charge on any atom is -0.505 e. The second-order valence-corrected chi connectivity index (χ2v) is 7.34. The maximum absolute atomic E-state index is 12.7. The molecule has 3 aromatic rings. The van der Waals surface area contributed by atoms with Crippen LogP contribution in [0.25, 0.3) is 11.3 Å². The van der Waals surface area contributed by atoms with E-state index in [0.29, 0.717) is 17.1 Å². The molecule has 0 saturated carbocycles. The molecule has 2 heterocycles. The molecular weight excluding hydrogens is 440 g/mol. The molecule has 0 aliphatic carbocycles. The van der Waals surface area contributed by atoms with Crippen molar-refractivity contribution in [3.8, 4) is 22.9 Å². The van der Waals surface area contributed by atoms with E-state index < -0.39 is 23.6 Å². The molecule has 3 N–H and O–H groups in total. The number of hydrogen-bond acceptors (Lipinski definition) is 7. The summed E-state index contributed by atoms with van der Waals surface area (Å²) in [7, 11) is 3.02. The summed E-state index contributed by atoms with van der Waals surface area (Å²) in [6.45, 7) is 1.88. The van der Waals surface area contributed by atoms with Crippen LogP contribution < -0.4 is 20.9 Å². The summed E-state index contributed by atoms with van der Waals surface area (Å²) >= 11 is 0. The van der Waals surface area contributed by atoms with Crippen molar-refractivity contribution in [2.75, 3.05) is 19.0 Å². The van der Waals surface area contributed by atoms with Gasteiger partial charge in [-0.25, -0.2) is 9.78 Å². The van der Waals surface area contributed by atoms with Gasteiger partial charge in [-0.15, -0.1) is 0 Å². The van der Waals surface area contributed by atoms with Crippen LogP contribution in [-0.4, -0.2) is 40.4 Å². The van der Waals surface area contributed by atoms with Crippen molar-refractivity contribution in [2.24, 2.45) is 7.05 Å². The summed E-state index contributed by atoms with van der Waals surface area (Å²) in [5.41, 5.74) is 1.17. The van der Waals surface area contributed by atoms with E-state index in [-0.39, 0.29) is 24.5 Å². The van der Waals surface area contributed by atoms with Gasteiger partial charge in [-0.3, -0.25) is 9.59 Å². The lowest BCUT2D eigenvalue weighted by atomic mass is 10.00. The molecule has 0 spiro atoms. The molecular formula is C24H26N4O6. The summed E-state index contributed by atoms with van der Waals surface area (Å²) < 4.78 is 11.5. The highest BCUT2D eigenvalue weighted by Gasteiger charge is 2.21. The molecule has 0 bridgehead atoms. The average Bonchev–Trinajstić information content (AvgIpc) is 2.84. The van der Waals surface area contributed by atoms with Crippen LogP contribution in [0.4, 0.5) is 10.5 Å². The number of nitrogens with zero attached hydrogens (tertiary/aromatic N) is 2. The Labute approximate surface area is 196 Å². The third-order valence-corrected chi connectivity index (χ3v) is 4.98. The zero-order chi connectivity index (χ0) is 24.7. The van der Waals surface area contributed by atoms with Crippen molar-refractivity contribution >= 4 is 17.7 Å². The summed E-state index contributed by atoms with van der Waals surface area (Å²) in [6, 6.07) is 12.3. The number of aryl methyl sites for hydroxylation is 1. The molecule has 1 aromatic carbocycles. The minimum absolute atomic E-state index is 0.144. The van der Waals surface area contributed by atoms with E-state index in [9.17, 15) is 19.5 Å². The molecule has 0 aliphatic heterocycles. The van der Waals surface area contributed by atoms with Crippen molar-refractivity contribution in [2.45, 2.75) is 19.4 Å². The van der Waals surface area contributed by atoms with Gasteiger partial charge in [0.15, 0.2) is 5.69 Å². The summed E-state index contributed by atoms with van der Waals surface area (Å²) in [6.07, 6.45) is 1.23. The summed E-state index contributed by atoms with van der Waals surface area (Å²) in [5.74, 6) is -0.421. The van der Waals surface area contributed by atoms with Crippen molar-refractivity contribution in [1.29, 1.82) is 0 Å². The van der Waals surface area contributed by atoms with Gasteiger partial charge in [0.2, 0.25) is 5.88 Å². The van der Waals surface area contributed by atoms with Gasteiger partial charge in [-0.05, 0) is 30.7 Å². The van der Waals surface area contributed by atoms with Crippen LogP contribution in [0, 0.1) is 0 Å². The highest BCUT2D eigenvalue weighted by atomic mass is 16.5. The second kappa shape index (κ2) is 11.0. The van der Waals surface area contributed by atoms with E-state index in [1.165, 1.54) is 31.0 Å². The number of anilines is 1. The normalized spacial score (nSPS) is 11.4. The zero-order valence-electron chi connectivity index (χ0n) is 19.1. The fourth-order valence-corrected chi connectivity index (χ4v) is 3.29. The molecule has 3 rings (SSSR count). The van der Waals surface area contributed by atoms with Gasteiger partial charge >= 0.3 is 12.0 Å². The van der Waals surface area contributed by atoms with Crippen LogP contribution in [0.1, 0.15) is 24.9 Å². The Bertz CT molecular complexity index is 1240. The molecule has 10 nitrogen and oxygen atoms in total. The van der Waals surface area contributed by atoms with Gasteiger partial charge in [-0.1, -0.05) is 24.3 Å². The molecule has 1 atom stereocenters. The monoisotopic (exact) mass is 466 g/mol. The van der Waals surface area contributed by atoms with Gasteiger partial charge in [0.05, 0.1) is 31.9 Å². The first-order chi connectivity index (χ1) is 16.3. The Kier molecular flexibility index (Phi) is 7.86. The predicted molar refractivity (Wildman–Crippen MR) is 126 cm³/mol. The third kappa shape index (κ3) is 5.91. The number of benzene rings is 1.